The standard InChI is InChI=1S/C14H24N2O3/c1-4-5-12(15)14(19)16-9-8-11(10(2)3)6-7-13(17)18/h1,10-12H,5-9,15H2,2-3H3,(H,16,19)(H,17,18). The number of nitrogens with two attached hydrogens (primary N) is 1. The lowest BCUT2D eigenvalue weighted by atomic mass is 9.88. The highest BCUT2D eigenvalue weighted by molar-refractivity contribution is 5.81. The van der Waals surface area contributed by atoms with Crippen LogP contribution in [0.25, 0.3) is 0 Å². The molecule has 0 spiro atoms. The van der Waals surface area contributed by atoms with Crippen molar-refractivity contribution in [1.29, 1.82) is 0 Å². The normalized spacial score (nSPS) is 13.6. The van der Waals surface area contributed by atoms with Crippen LogP contribution in [0.1, 0.15) is 39.5 Å². The van der Waals surface area contributed by atoms with Gasteiger partial charge in [-0.15, -0.1) is 12.3 Å². The summed E-state index contributed by atoms with van der Waals surface area (Å²) >= 11 is 0. The van der Waals surface area contributed by atoms with Crippen molar-refractivity contribution < 1.29 is 14.7 Å². The molecule has 0 bridgehead atoms. The van der Waals surface area contributed by atoms with Crippen molar-refractivity contribution in [2.24, 2.45) is 17.6 Å². The van der Waals surface area contributed by atoms with Crippen molar-refractivity contribution in [3.63, 3.8) is 0 Å². The molecule has 0 radical (unpaired) electrons. The van der Waals surface area contributed by atoms with Crippen LogP contribution in [-0.2, 0) is 9.59 Å². The smallest absolute Gasteiger partial charge is 0.303 e. The first-order valence-electron chi connectivity index (χ1n) is 6.57. The van der Waals surface area contributed by atoms with Gasteiger partial charge < -0.3 is 16.2 Å². The molecule has 0 saturated carbocycles. The Morgan fingerprint density at radius 2 is 2.00 bits per heavy atom. The van der Waals surface area contributed by atoms with Gasteiger partial charge in [-0.05, 0) is 24.7 Å². The molecule has 0 aliphatic rings. The largest absolute Gasteiger partial charge is 0.481 e. The lowest BCUT2D eigenvalue weighted by Gasteiger charge is -2.20. The lowest BCUT2D eigenvalue weighted by Crippen LogP contribution is -2.41. The first-order chi connectivity index (χ1) is 8.88. The molecule has 5 nitrogen and oxygen atoms in total. The number of carbonyl (C=O) groups is 2. The van der Waals surface area contributed by atoms with Crippen molar-refractivity contribution >= 4 is 11.9 Å². The Kier molecular flexibility index (Phi) is 8.64. The molecule has 0 saturated heterocycles. The van der Waals surface area contributed by atoms with Gasteiger partial charge in [0.1, 0.15) is 0 Å². The van der Waals surface area contributed by atoms with Gasteiger partial charge in [0.15, 0.2) is 0 Å². The first-order valence-corrected chi connectivity index (χ1v) is 6.57. The zero-order chi connectivity index (χ0) is 14.8. The Labute approximate surface area is 114 Å². The van der Waals surface area contributed by atoms with Gasteiger partial charge in [-0.2, -0.15) is 0 Å². The van der Waals surface area contributed by atoms with E-state index in [-0.39, 0.29) is 24.7 Å². The molecule has 2 unspecified atom stereocenters. The summed E-state index contributed by atoms with van der Waals surface area (Å²) in [5, 5.41) is 11.4. The number of carboxylic acids is 1. The molecule has 0 heterocycles. The molecule has 0 rings (SSSR count). The summed E-state index contributed by atoms with van der Waals surface area (Å²) in [5.41, 5.74) is 5.57. The highest BCUT2D eigenvalue weighted by Gasteiger charge is 2.16. The number of terminal acetylenes is 1. The predicted molar refractivity (Wildman–Crippen MR) is 74.2 cm³/mol. The summed E-state index contributed by atoms with van der Waals surface area (Å²) in [6.07, 6.45) is 6.84. The van der Waals surface area contributed by atoms with Gasteiger partial charge in [0, 0.05) is 19.4 Å². The second kappa shape index (κ2) is 9.40. The van der Waals surface area contributed by atoms with Crippen molar-refractivity contribution in [2.45, 2.75) is 45.6 Å². The average molecular weight is 268 g/mol. The van der Waals surface area contributed by atoms with E-state index >= 15 is 0 Å². The molecule has 5 heteroatoms. The van der Waals surface area contributed by atoms with E-state index in [0.717, 1.165) is 6.42 Å². The van der Waals surface area contributed by atoms with Gasteiger partial charge in [-0.1, -0.05) is 13.8 Å². The second-order valence-electron chi connectivity index (χ2n) is 5.03. The molecule has 108 valence electrons. The Morgan fingerprint density at radius 3 is 2.47 bits per heavy atom. The Morgan fingerprint density at radius 1 is 1.37 bits per heavy atom. The summed E-state index contributed by atoms with van der Waals surface area (Å²) in [4.78, 5) is 22.1. The molecule has 2 atom stereocenters. The maximum atomic E-state index is 11.5. The number of rotatable bonds is 9. The van der Waals surface area contributed by atoms with E-state index in [1.54, 1.807) is 0 Å². The quantitative estimate of drug-likeness (QED) is 0.543. The summed E-state index contributed by atoms with van der Waals surface area (Å²) < 4.78 is 0. The number of amides is 1. The van der Waals surface area contributed by atoms with Crippen LogP contribution in [0.2, 0.25) is 0 Å². The van der Waals surface area contributed by atoms with Crippen LogP contribution in [0.15, 0.2) is 0 Å². The van der Waals surface area contributed by atoms with Crippen LogP contribution in [-0.4, -0.2) is 29.6 Å². The molecule has 4 N–H and O–H groups in total. The van der Waals surface area contributed by atoms with Crippen LogP contribution in [0.4, 0.5) is 0 Å². The van der Waals surface area contributed by atoms with Crippen LogP contribution in [0, 0.1) is 24.2 Å². The summed E-state index contributed by atoms with van der Waals surface area (Å²) in [6, 6.07) is -0.665. The maximum Gasteiger partial charge on any atom is 0.303 e. The molecule has 0 aliphatic carbocycles. The molecule has 0 aliphatic heterocycles. The minimum Gasteiger partial charge on any atom is -0.481 e. The third-order valence-electron chi connectivity index (χ3n) is 3.16. The molecular weight excluding hydrogens is 244 g/mol. The van der Waals surface area contributed by atoms with E-state index in [2.05, 4.69) is 25.1 Å². The van der Waals surface area contributed by atoms with E-state index in [4.69, 9.17) is 17.3 Å². The van der Waals surface area contributed by atoms with Crippen LogP contribution < -0.4 is 11.1 Å². The molecule has 0 aromatic rings. The second-order valence-corrected chi connectivity index (χ2v) is 5.03. The number of hydrogen-bond acceptors (Lipinski definition) is 3. The SMILES string of the molecule is C#CCC(N)C(=O)NCCC(CCC(=O)O)C(C)C. The van der Waals surface area contributed by atoms with Crippen molar-refractivity contribution in [3.05, 3.63) is 0 Å². The van der Waals surface area contributed by atoms with E-state index in [9.17, 15) is 9.59 Å². The number of hydrogen-bond donors (Lipinski definition) is 3. The van der Waals surface area contributed by atoms with E-state index in [1.807, 2.05) is 0 Å². The Bertz CT molecular complexity index is 334. The van der Waals surface area contributed by atoms with Gasteiger partial charge in [-0.25, -0.2) is 0 Å². The first kappa shape index (κ1) is 17.5. The number of aliphatic carboxylic acids is 1. The fraction of sp³-hybridized carbons (Fsp3) is 0.714. The van der Waals surface area contributed by atoms with Gasteiger partial charge in [0.2, 0.25) is 5.91 Å². The van der Waals surface area contributed by atoms with Gasteiger partial charge in [-0.3, -0.25) is 9.59 Å². The molecular formula is C14H24N2O3. The van der Waals surface area contributed by atoms with Gasteiger partial charge >= 0.3 is 5.97 Å². The fourth-order valence-electron chi connectivity index (χ4n) is 1.85. The van der Waals surface area contributed by atoms with E-state index in [0.29, 0.717) is 18.9 Å². The van der Waals surface area contributed by atoms with Crippen molar-refractivity contribution in [2.75, 3.05) is 6.54 Å². The minimum absolute atomic E-state index is 0.160. The Hall–Kier alpha value is -1.54. The lowest BCUT2D eigenvalue weighted by molar-refractivity contribution is -0.137. The van der Waals surface area contributed by atoms with Gasteiger partial charge in [0.05, 0.1) is 6.04 Å². The molecule has 19 heavy (non-hydrogen) atoms. The number of carbonyl (C=O) groups excluding carboxylic acids is 1. The molecule has 1 amide bonds. The monoisotopic (exact) mass is 268 g/mol. The van der Waals surface area contributed by atoms with Crippen LogP contribution in [0.3, 0.4) is 0 Å². The predicted octanol–water partition coefficient (Wildman–Crippen LogP) is 0.980. The highest BCUT2D eigenvalue weighted by atomic mass is 16.4. The van der Waals surface area contributed by atoms with Gasteiger partial charge in [0.25, 0.3) is 0 Å². The maximum absolute atomic E-state index is 11.5. The summed E-state index contributed by atoms with van der Waals surface area (Å²) in [6.45, 7) is 4.61. The fourth-order valence-corrected chi connectivity index (χ4v) is 1.85. The summed E-state index contributed by atoms with van der Waals surface area (Å²) in [5.74, 6) is 1.97. The van der Waals surface area contributed by atoms with Crippen molar-refractivity contribution in [3.8, 4) is 12.3 Å². The average Bonchev–Trinajstić information content (AvgIpc) is 2.32. The molecule has 0 aromatic carbocycles. The topological polar surface area (TPSA) is 92.4 Å². The zero-order valence-electron chi connectivity index (χ0n) is 11.7. The van der Waals surface area contributed by atoms with E-state index < -0.39 is 12.0 Å². The van der Waals surface area contributed by atoms with Crippen LogP contribution >= 0.6 is 0 Å². The minimum atomic E-state index is -0.786. The highest BCUT2D eigenvalue weighted by Crippen LogP contribution is 2.20. The van der Waals surface area contributed by atoms with Crippen LogP contribution in [0.5, 0.6) is 0 Å². The Balaban J connectivity index is 4.02. The number of carboxylic acid groups (broad SMARTS) is 1. The number of nitrogens with one attached hydrogen (secondary N) is 1. The van der Waals surface area contributed by atoms with Crippen molar-refractivity contribution in [1.82, 2.24) is 5.32 Å². The third-order valence-corrected chi connectivity index (χ3v) is 3.16. The zero-order valence-corrected chi connectivity index (χ0v) is 11.7. The molecule has 0 fully saturated rings. The molecule has 0 aromatic heterocycles. The third kappa shape index (κ3) is 8.22. The summed E-state index contributed by atoms with van der Waals surface area (Å²) in [7, 11) is 0. The van der Waals surface area contributed by atoms with E-state index in [1.165, 1.54) is 0 Å².